The van der Waals surface area contributed by atoms with Crippen molar-refractivity contribution in [2.45, 2.75) is 0 Å². The lowest BCUT2D eigenvalue weighted by Gasteiger charge is -2.10. The highest BCUT2D eigenvalue weighted by molar-refractivity contribution is 6.13. The van der Waals surface area contributed by atoms with Crippen molar-refractivity contribution < 1.29 is 8.83 Å². The minimum Gasteiger partial charge on any atom is -0.456 e. The first-order valence-electron chi connectivity index (χ1n) is 16.6. The smallest absolute Gasteiger partial charge is 0.167 e. The molecule has 0 N–H and O–H groups in total. The van der Waals surface area contributed by atoms with Gasteiger partial charge in [0.05, 0.1) is 5.56 Å². The average Bonchev–Trinajstić information content (AvgIpc) is 3.77. The number of aromatic nitrogens is 3. The zero-order valence-corrected chi connectivity index (χ0v) is 26.7. The predicted octanol–water partition coefficient (Wildman–Crippen LogP) is 12.0. The van der Waals surface area contributed by atoms with Gasteiger partial charge in [0.25, 0.3) is 0 Å². The number of furan rings is 2. The quantitative estimate of drug-likeness (QED) is 0.187. The van der Waals surface area contributed by atoms with Gasteiger partial charge in [0, 0.05) is 32.7 Å². The lowest BCUT2D eigenvalue weighted by molar-refractivity contribution is 0.668. The average molecular weight is 642 g/mol. The molecule has 0 spiro atoms. The third kappa shape index (κ3) is 4.67. The van der Waals surface area contributed by atoms with Gasteiger partial charge in [-0.15, -0.1) is 0 Å². The molecule has 10 aromatic rings. The number of para-hydroxylation sites is 2. The molecule has 0 aliphatic rings. The van der Waals surface area contributed by atoms with Crippen molar-refractivity contribution in [2.24, 2.45) is 0 Å². The fourth-order valence-electron chi connectivity index (χ4n) is 6.96. The molecule has 0 bridgehead atoms. The molecule has 234 valence electrons. The van der Waals surface area contributed by atoms with Crippen LogP contribution in [0.25, 0.3) is 100 Å². The van der Waals surface area contributed by atoms with Crippen molar-refractivity contribution in [1.82, 2.24) is 15.0 Å². The van der Waals surface area contributed by atoms with E-state index in [1.54, 1.807) is 0 Å². The Hall–Kier alpha value is -6.85. The van der Waals surface area contributed by atoms with Crippen LogP contribution in [0.5, 0.6) is 0 Å². The molecule has 7 aromatic carbocycles. The molecule has 0 fully saturated rings. The highest BCUT2D eigenvalue weighted by Gasteiger charge is 2.20. The number of rotatable bonds is 5. The number of fused-ring (bicyclic) bond motifs is 6. The van der Waals surface area contributed by atoms with Crippen molar-refractivity contribution in [3.63, 3.8) is 0 Å². The Balaban J connectivity index is 1.21. The van der Waals surface area contributed by atoms with E-state index in [1.807, 2.05) is 78.9 Å². The molecule has 3 heterocycles. The number of nitrogens with zero attached hydrogens (tertiary/aromatic N) is 3. The standard InChI is InChI=1S/C45H27N3O2/c1-3-12-28(13-4-1)30-16-9-17-32(26-30)43-46-44(48-45(47-43)37-21-10-19-34-33-18-7-8-22-38(33)50-42(34)37)36-20-11-23-39-41(36)35-25-24-31(27-40(35)49-39)29-14-5-2-6-15-29/h1-27H. The first-order valence-corrected chi connectivity index (χ1v) is 16.6. The summed E-state index contributed by atoms with van der Waals surface area (Å²) in [6, 6.07) is 55.7. The van der Waals surface area contributed by atoms with Gasteiger partial charge in [0.1, 0.15) is 22.3 Å². The Bertz CT molecular complexity index is 2870. The summed E-state index contributed by atoms with van der Waals surface area (Å²) in [7, 11) is 0. The summed E-state index contributed by atoms with van der Waals surface area (Å²) in [5.41, 5.74) is 10.2. The van der Waals surface area contributed by atoms with Crippen LogP contribution in [0.2, 0.25) is 0 Å². The number of hydrogen-bond acceptors (Lipinski definition) is 5. The molecular weight excluding hydrogens is 615 g/mol. The van der Waals surface area contributed by atoms with Crippen LogP contribution >= 0.6 is 0 Å². The molecule has 5 nitrogen and oxygen atoms in total. The maximum Gasteiger partial charge on any atom is 0.167 e. The predicted molar refractivity (Wildman–Crippen MR) is 202 cm³/mol. The van der Waals surface area contributed by atoms with Crippen LogP contribution in [-0.4, -0.2) is 15.0 Å². The zero-order valence-electron chi connectivity index (χ0n) is 26.7. The minimum absolute atomic E-state index is 0.538. The Kier molecular flexibility index (Phi) is 6.42. The van der Waals surface area contributed by atoms with Gasteiger partial charge in [-0.2, -0.15) is 0 Å². The fourth-order valence-corrected chi connectivity index (χ4v) is 6.96. The van der Waals surface area contributed by atoms with Gasteiger partial charge in [-0.05, 0) is 58.7 Å². The maximum absolute atomic E-state index is 6.48. The number of benzene rings is 7. The molecule has 0 amide bonds. The van der Waals surface area contributed by atoms with Crippen molar-refractivity contribution in [2.75, 3.05) is 0 Å². The van der Waals surface area contributed by atoms with Crippen LogP contribution in [0.3, 0.4) is 0 Å². The Morgan fingerprint density at radius 2 is 0.900 bits per heavy atom. The molecule has 0 atom stereocenters. The van der Waals surface area contributed by atoms with Gasteiger partial charge < -0.3 is 8.83 Å². The van der Waals surface area contributed by atoms with E-state index < -0.39 is 0 Å². The fraction of sp³-hybridized carbons (Fsp3) is 0. The van der Waals surface area contributed by atoms with Gasteiger partial charge in [-0.1, -0.05) is 127 Å². The van der Waals surface area contributed by atoms with E-state index in [-0.39, 0.29) is 0 Å². The van der Waals surface area contributed by atoms with Gasteiger partial charge in [0.15, 0.2) is 17.5 Å². The maximum atomic E-state index is 6.48. The molecule has 0 aliphatic heterocycles. The largest absolute Gasteiger partial charge is 0.456 e. The molecule has 0 aliphatic carbocycles. The molecule has 5 heteroatoms. The zero-order chi connectivity index (χ0) is 33.0. The van der Waals surface area contributed by atoms with Gasteiger partial charge in [-0.25, -0.2) is 15.0 Å². The van der Waals surface area contributed by atoms with E-state index in [2.05, 4.69) is 84.9 Å². The van der Waals surface area contributed by atoms with Crippen molar-refractivity contribution >= 4 is 43.9 Å². The van der Waals surface area contributed by atoms with Crippen LogP contribution in [0.15, 0.2) is 173 Å². The molecule has 0 saturated carbocycles. The van der Waals surface area contributed by atoms with Crippen LogP contribution in [0.1, 0.15) is 0 Å². The molecule has 50 heavy (non-hydrogen) atoms. The summed E-state index contributed by atoms with van der Waals surface area (Å²) in [5, 5.41) is 4.04. The second kappa shape index (κ2) is 11.4. The number of hydrogen-bond donors (Lipinski definition) is 0. The highest BCUT2D eigenvalue weighted by Crippen LogP contribution is 2.40. The molecule has 10 rings (SSSR count). The topological polar surface area (TPSA) is 65.0 Å². The van der Waals surface area contributed by atoms with Crippen molar-refractivity contribution in [3.8, 4) is 56.4 Å². The van der Waals surface area contributed by atoms with Crippen molar-refractivity contribution in [3.05, 3.63) is 164 Å². The Morgan fingerprint density at radius 3 is 1.72 bits per heavy atom. The highest BCUT2D eigenvalue weighted by atomic mass is 16.3. The summed E-state index contributed by atoms with van der Waals surface area (Å²) in [6.45, 7) is 0. The van der Waals surface area contributed by atoms with Crippen LogP contribution < -0.4 is 0 Å². The second-order valence-corrected chi connectivity index (χ2v) is 12.4. The molecular formula is C45H27N3O2. The normalized spacial score (nSPS) is 11.6. The van der Waals surface area contributed by atoms with Crippen LogP contribution in [0.4, 0.5) is 0 Å². The van der Waals surface area contributed by atoms with E-state index in [0.717, 1.165) is 82.8 Å². The SMILES string of the molecule is c1ccc(-c2cccc(-c3nc(-c4cccc5c4oc4ccccc45)nc(-c4cccc5oc6cc(-c7ccccc7)ccc6c45)n3)c2)cc1. The van der Waals surface area contributed by atoms with Gasteiger partial charge in [-0.3, -0.25) is 0 Å². The van der Waals surface area contributed by atoms with Crippen LogP contribution in [0, 0.1) is 0 Å². The molecule has 0 radical (unpaired) electrons. The monoisotopic (exact) mass is 641 g/mol. The minimum atomic E-state index is 0.538. The van der Waals surface area contributed by atoms with Crippen molar-refractivity contribution in [1.29, 1.82) is 0 Å². The lowest BCUT2D eigenvalue weighted by atomic mass is 10.0. The van der Waals surface area contributed by atoms with E-state index in [1.165, 1.54) is 0 Å². The molecule has 3 aromatic heterocycles. The van der Waals surface area contributed by atoms with Crippen LogP contribution in [-0.2, 0) is 0 Å². The Morgan fingerprint density at radius 1 is 0.320 bits per heavy atom. The lowest BCUT2D eigenvalue weighted by Crippen LogP contribution is -2.00. The molecule has 0 unspecified atom stereocenters. The van der Waals surface area contributed by atoms with E-state index >= 15 is 0 Å². The summed E-state index contributed by atoms with van der Waals surface area (Å²) in [4.78, 5) is 15.5. The van der Waals surface area contributed by atoms with E-state index in [9.17, 15) is 0 Å². The first kappa shape index (κ1) is 28.2. The third-order valence-corrected chi connectivity index (χ3v) is 9.35. The second-order valence-electron chi connectivity index (χ2n) is 12.4. The van der Waals surface area contributed by atoms with Gasteiger partial charge >= 0.3 is 0 Å². The first-order chi connectivity index (χ1) is 24.8. The summed E-state index contributed by atoms with van der Waals surface area (Å²) in [6.07, 6.45) is 0. The summed E-state index contributed by atoms with van der Waals surface area (Å²) >= 11 is 0. The van der Waals surface area contributed by atoms with E-state index in [0.29, 0.717) is 17.5 Å². The third-order valence-electron chi connectivity index (χ3n) is 9.35. The van der Waals surface area contributed by atoms with E-state index in [4.69, 9.17) is 23.8 Å². The molecule has 0 saturated heterocycles. The summed E-state index contributed by atoms with van der Waals surface area (Å²) < 4.78 is 12.9. The summed E-state index contributed by atoms with van der Waals surface area (Å²) in [5.74, 6) is 1.67. The Labute approximate surface area is 287 Å². The van der Waals surface area contributed by atoms with Gasteiger partial charge in [0.2, 0.25) is 0 Å².